The number of hydrogen-bond acceptors (Lipinski definition) is 6. The van der Waals surface area contributed by atoms with Gasteiger partial charge in [-0.15, -0.1) is 0 Å². The highest BCUT2D eigenvalue weighted by atomic mass is 16.2. The van der Waals surface area contributed by atoms with Crippen molar-refractivity contribution >= 4 is 29.5 Å². The number of imidazole rings is 1. The first-order valence-corrected chi connectivity index (χ1v) is 10.4. The Morgan fingerprint density at radius 1 is 1.29 bits per heavy atom. The number of amides is 2. The SMILES string of the molecule is Cc1[nH]cnc1C1CCN(c2ccc(C(=O)NC=NN)cc2NC(=O)C(C)(C)C)CC1. The molecule has 2 amide bonds. The number of nitrogens with one attached hydrogen (secondary N) is 3. The van der Waals surface area contributed by atoms with Gasteiger partial charge in [-0.2, -0.15) is 5.10 Å². The summed E-state index contributed by atoms with van der Waals surface area (Å²) in [5, 5.41) is 8.79. The van der Waals surface area contributed by atoms with Gasteiger partial charge in [-0.25, -0.2) is 4.98 Å². The lowest BCUT2D eigenvalue weighted by molar-refractivity contribution is -0.123. The van der Waals surface area contributed by atoms with Gasteiger partial charge >= 0.3 is 0 Å². The highest BCUT2D eigenvalue weighted by molar-refractivity contribution is 6.04. The van der Waals surface area contributed by atoms with Crippen molar-refractivity contribution in [1.29, 1.82) is 0 Å². The second-order valence-electron chi connectivity index (χ2n) is 8.86. The van der Waals surface area contributed by atoms with Gasteiger partial charge in [-0.1, -0.05) is 20.8 Å². The summed E-state index contributed by atoms with van der Waals surface area (Å²) in [5.74, 6) is 5.01. The van der Waals surface area contributed by atoms with Crippen LogP contribution < -0.4 is 21.4 Å². The Morgan fingerprint density at radius 2 is 2.00 bits per heavy atom. The number of nitrogens with zero attached hydrogens (tertiary/aromatic N) is 3. The molecule has 1 aromatic carbocycles. The number of aryl methyl sites for hydroxylation is 1. The summed E-state index contributed by atoms with van der Waals surface area (Å²) in [6.07, 6.45) is 4.81. The Kier molecular flexibility index (Phi) is 6.62. The zero-order valence-corrected chi connectivity index (χ0v) is 18.5. The molecule has 0 unspecified atom stereocenters. The molecule has 5 N–H and O–H groups in total. The molecule has 0 bridgehead atoms. The zero-order chi connectivity index (χ0) is 22.6. The Morgan fingerprint density at radius 3 is 2.58 bits per heavy atom. The summed E-state index contributed by atoms with van der Waals surface area (Å²) in [6, 6.07) is 5.32. The minimum Gasteiger partial charge on any atom is -0.370 e. The van der Waals surface area contributed by atoms with Crippen molar-refractivity contribution in [2.75, 3.05) is 23.3 Å². The van der Waals surface area contributed by atoms with Gasteiger partial charge in [0, 0.05) is 35.7 Å². The van der Waals surface area contributed by atoms with Crippen LogP contribution in [0, 0.1) is 12.3 Å². The molecule has 0 atom stereocenters. The summed E-state index contributed by atoms with van der Waals surface area (Å²) < 4.78 is 0. The van der Waals surface area contributed by atoms with E-state index < -0.39 is 5.41 Å². The molecular weight excluding hydrogens is 394 g/mol. The second kappa shape index (κ2) is 9.20. The molecule has 1 aliphatic heterocycles. The largest absolute Gasteiger partial charge is 0.370 e. The lowest BCUT2D eigenvalue weighted by atomic mass is 9.92. The first kappa shape index (κ1) is 22.3. The van der Waals surface area contributed by atoms with E-state index in [0.717, 1.165) is 49.3 Å². The van der Waals surface area contributed by atoms with Gasteiger partial charge in [0.15, 0.2) is 0 Å². The predicted octanol–water partition coefficient (Wildman–Crippen LogP) is 2.72. The molecule has 31 heavy (non-hydrogen) atoms. The lowest BCUT2D eigenvalue weighted by Gasteiger charge is -2.35. The number of rotatable bonds is 5. The van der Waals surface area contributed by atoms with Crippen molar-refractivity contribution in [3.63, 3.8) is 0 Å². The summed E-state index contributed by atoms with van der Waals surface area (Å²) >= 11 is 0. The summed E-state index contributed by atoms with van der Waals surface area (Å²) in [5.41, 5.74) is 3.62. The van der Waals surface area contributed by atoms with E-state index in [1.165, 1.54) is 0 Å². The van der Waals surface area contributed by atoms with Crippen LogP contribution in [0.5, 0.6) is 0 Å². The first-order valence-electron chi connectivity index (χ1n) is 10.4. The van der Waals surface area contributed by atoms with Crippen molar-refractivity contribution in [1.82, 2.24) is 15.3 Å². The van der Waals surface area contributed by atoms with E-state index in [1.807, 2.05) is 33.8 Å². The number of aromatic amines is 1. The number of H-pyrrole nitrogens is 1. The molecule has 1 saturated heterocycles. The molecule has 9 nitrogen and oxygen atoms in total. The van der Waals surface area contributed by atoms with Crippen molar-refractivity contribution in [3.05, 3.63) is 41.5 Å². The molecule has 1 aliphatic rings. The molecule has 1 fully saturated rings. The normalized spacial score (nSPS) is 15.3. The van der Waals surface area contributed by atoms with Gasteiger partial charge in [0.25, 0.3) is 5.91 Å². The molecule has 0 saturated carbocycles. The number of benzene rings is 1. The number of hydrogen-bond donors (Lipinski definition) is 4. The van der Waals surface area contributed by atoms with E-state index >= 15 is 0 Å². The topological polar surface area (TPSA) is 128 Å². The maximum Gasteiger partial charge on any atom is 0.256 e. The van der Waals surface area contributed by atoms with Crippen molar-refractivity contribution in [2.24, 2.45) is 16.4 Å². The van der Waals surface area contributed by atoms with Crippen LogP contribution in [-0.2, 0) is 4.79 Å². The summed E-state index contributed by atoms with van der Waals surface area (Å²) in [4.78, 5) is 34.9. The number of carbonyl (C=O) groups is 2. The Labute approximate surface area is 182 Å². The fourth-order valence-corrected chi connectivity index (χ4v) is 3.72. The van der Waals surface area contributed by atoms with Crippen LogP contribution >= 0.6 is 0 Å². The Hall–Kier alpha value is -3.36. The molecule has 2 aromatic rings. The van der Waals surface area contributed by atoms with Gasteiger partial charge in [-0.3, -0.25) is 9.59 Å². The van der Waals surface area contributed by atoms with Gasteiger partial charge in [0.1, 0.15) is 6.34 Å². The molecule has 0 radical (unpaired) electrons. The average molecular weight is 426 g/mol. The molecule has 166 valence electrons. The Bertz CT molecular complexity index is 966. The van der Waals surface area contributed by atoms with E-state index in [1.54, 1.807) is 18.5 Å². The predicted molar refractivity (Wildman–Crippen MR) is 122 cm³/mol. The summed E-state index contributed by atoms with van der Waals surface area (Å²) in [6.45, 7) is 9.28. The summed E-state index contributed by atoms with van der Waals surface area (Å²) in [7, 11) is 0. The minimum absolute atomic E-state index is 0.114. The Balaban J connectivity index is 1.83. The molecule has 0 spiro atoms. The van der Waals surface area contributed by atoms with Crippen LogP contribution in [0.15, 0.2) is 29.6 Å². The van der Waals surface area contributed by atoms with Crippen molar-refractivity contribution in [2.45, 2.75) is 46.5 Å². The molecule has 9 heteroatoms. The van der Waals surface area contributed by atoms with Gasteiger partial charge in [0.2, 0.25) is 5.91 Å². The fourth-order valence-electron chi connectivity index (χ4n) is 3.72. The zero-order valence-electron chi connectivity index (χ0n) is 18.5. The molecule has 1 aromatic heterocycles. The monoisotopic (exact) mass is 425 g/mol. The maximum atomic E-state index is 12.7. The first-order chi connectivity index (χ1) is 14.7. The minimum atomic E-state index is -0.563. The van der Waals surface area contributed by atoms with Crippen LogP contribution in [0.4, 0.5) is 11.4 Å². The van der Waals surface area contributed by atoms with Crippen LogP contribution in [0.1, 0.15) is 61.3 Å². The highest BCUT2D eigenvalue weighted by Crippen LogP contribution is 2.35. The number of anilines is 2. The standard InChI is InChI=1S/C22H31N7O2/c1-14-19(25-12-24-14)15-7-9-29(10-8-15)18-6-5-16(20(30)26-13-27-23)11-17(18)28-21(31)22(2,3)4/h5-6,11-13,15H,7-10,23H2,1-4H3,(H,24,25)(H,28,31)(H,26,27,30). The van der Waals surface area contributed by atoms with Gasteiger partial charge in [0.05, 0.1) is 23.4 Å². The van der Waals surface area contributed by atoms with E-state index in [0.29, 0.717) is 17.2 Å². The highest BCUT2D eigenvalue weighted by Gasteiger charge is 2.27. The molecule has 2 heterocycles. The number of nitrogens with two attached hydrogens (primary N) is 1. The third kappa shape index (κ3) is 5.22. The van der Waals surface area contributed by atoms with E-state index in [2.05, 4.69) is 30.6 Å². The van der Waals surface area contributed by atoms with Crippen molar-refractivity contribution < 1.29 is 9.59 Å². The fraction of sp³-hybridized carbons (Fsp3) is 0.455. The number of aromatic nitrogens is 2. The maximum absolute atomic E-state index is 12.7. The lowest BCUT2D eigenvalue weighted by Crippen LogP contribution is -2.35. The van der Waals surface area contributed by atoms with E-state index in [-0.39, 0.29) is 11.8 Å². The van der Waals surface area contributed by atoms with Crippen molar-refractivity contribution in [3.8, 4) is 0 Å². The quantitative estimate of drug-likeness (QED) is 0.253. The molecule has 0 aliphatic carbocycles. The smallest absolute Gasteiger partial charge is 0.256 e. The van der Waals surface area contributed by atoms with Gasteiger partial charge in [-0.05, 0) is 38.0 Å². The van der Waals surface area contributed by atoms with Crippen LogP contribution in [0.25, 0.3) is 0 Å². The number of hydrazone groups is 1. The number of carbonyl (C=O) groups excluding carboxylic acids is 2. The molecular formula is C22H31N7O2. The van der Waals surface area contributed by atoms with Crippen LogP contribution in [-0.4, -0.2) is 41.2 Å². The third-order valence-corrected chi connectivity index (χ3v) is 5.55. The van der Waals surface area contributed by atoms with Gasteiger partial charge < -0.3 is 26.4 Å². The third-order valence-electron chi connectivity index (χ3n) is 5.55. The van der Waals surface area contributed by atoms with Crippen LogP contribution in [0.3, 0.4) is 0 Å². The second-order valence-corrected chi connectivity index (χ2v) is 8.86. The van der Waals surface area contributed by atoms with E-state index in [4.69, 9.17) is 5.84 Å². The molecule has 3 rings (SSSR count). The average Bonchev–Trinajstić information content (AvgIpc) is 3.17. The van der Waals surface area contributed by atoms with Crippen LogP contribution in [0.2, 0.25) is 0 Å². The number of piperidine rings is 1. The van der Waals surface area contributed by atoms with E-state index in [9.17, 15) is 9.59 Å².